The van der Waals surface area contributed by atoms with E-state index in [0.717, 1.165) is 37.3 Å². The number of carbonyl (C=O) groups excluding carboxylic acids is 1. The topological polar surface area (TPSA) is 75.3 Å². The van der Waals surface area contributed by atoms with Gasteiger partial charge >= 0.3 is 5.76 Å². The van der Waals surface area contributed by atoms with Crippen LogP contribution in [-0.2, 0) is 21.2 Å². The fourth-order valence-corrected chi connectivity index (χ4v) is 4.43. The molecule has 0 atom stereocenters. The Kier molecular flexibility index (Phi) is 6.84. The third-order valence-electron chi connectivity index (χ3n) is 5.08. The molecule has 0 saturated heterocycles. The summed E-state index contributed by atoms with van der Waals surface area (Å²) in [6.07, 6.45) is 5.13. The van der Waals surface area contributed by atoms with Crippen LogP contribution in [0.25, 0.3) is 0 Å². The molecule has 2 N–H and O–H groups in total. The third kappa shape index (κ3) is 5.32. The zero-order valence-electron chi connectivity index (χ0n) is 15.9. The number of halogens is 2. The average Bonchev–Trinajstić information content (AvgIpc) is 2.73. The Bertz CT molecular complexity index is 958. The van der Waals surface area contributed by atoms with E-state index in [9.17, 15) is 22.0 Å². The van der Waals surface area contributed by atoms with Crippen LogP contribution in [-0.4, -0.2) is 20.1 Å². The summed E-state index contributed by atoms with van der Waals surface area (Å²) in [5.74, 6) is -3.43. The van der Waals surface area contributed by atoms with E-state index in [1.807, 2.05) is 6.07 Å². The number of anilines is 2. The number of nitrogens with one attached hydrogen (secondary N) is 2. The van der Waals surface area contributed by atoms with Gasteiger partial charge in [0.05, 0.1) is 10.6 Å². The first-order valence-electron chi connectivity index (χ1n) is 9.62. The lowest BCUT2D eigenvalue weighted by Gasteiger charge is -2.21. The highest BCUT2D eigenvalue weighted by Gasteiger charge is 2.29. The van der Waals surface area contributed by atoms with Gasteiger partial charge < -0.3 is 10.6 Å². The number of rotatable bonds is 7. The molecule has 156 valence electrons. The minimum absolute atomic E-state index is 0.0168. The lowest BCUT2D eigenvalue weighted by atomic mass is 9.88. The molecule has 0 aliphatic heterocycles. The summed E-state index contributed by atoms with van der Waals surface area (Å²) >= 11 is 0. The molecular formula is C21H24F2N2O3S. The molecule has 0 spiro atoms. The maximum atomic E-state index is 12.9. The van der Waals surface area contributed by atoms with Crippen LogP contribution in [0.15, 0.2) is 53.4 Å². The highest BCUT2D eigenvalue weighted by molar-refractivity contribution is 7.91. The van der Waals surface area contributed by atoms with Crippen molar-refractivity contribution in [2.45, 2.75) is 49.3 Å². The largest absolute Gasteiger partial charge is 0.380 e. The Hall–Kier alpha value is -2.48. The molecule has 5 nitrogen and oxygen atoms in total. The zero-order valence-corrected chi connectivity index (χ0v) is 16.7. The molecule has 29 heavy (non-hydrogen) atoms. The van der Waals surface area contributed by atoms with Gasteiger partial charge in [-0.3, -0.25) is 4.79 Å². The zero-order chi connectivity index (χ0) is 20.9. The molecule has 0 aromatic heterocycles. The number of para-hydroxylation sites is 1. The quantitative estimate of drug-likeness (QED) is 0.671. The highest BCUT2D eigenvalue weighted by atomic mass is 32.2. The molecule has 1 aliphatic rings. The van der Waals surface area contributed by atoms with Crippen LogP contribution >= 0.6 is 0 Å². The van der Waals surface area contributed by atoms with E-state index < -0.39 is 20.5 Å². The van der Waals surface area contributed by atoms with Gasteiger partial charge in [0.15, 0.2) is 0 Å². The van der Waals surface area contributed by atoms with Crippen molar-refractivity contribution in [3.8, 4) is 0 Å². The van der Waals surface area contributed by atoms with Crippen LogP contribution in [0.3, 0.4) is 0 Å². The molecule has 8 heteroatoms. The summed E-state index contributed by atoms with van der Waals surface area (Å²) in [6.45, 7) is 0.225. The van der Waals surface area contributed by atoms with E-state index in [1.54, 1.807) is 24.3 Å². The predicted molar refractivity (Wildman–Crippen MR) is 109 cm³/mol. The molecule has 0 unspecified atom stereocenters. The molecule has 0 radical (unpaired) electrons. The highest BCUT2D eigenvalue weighted by Crippen LogP contribution is 2.27. The van der Waals surface area contributed by atoms with Gasteiger partial charge in [0, 0.05) is 18.2 Å². The molecule has 0 heterocycles. The number of hydrogen-bond acceptors (Lipinski definition) is 4. The van der Waals surface area contributed by atoms with E-state index in [0.29, 0.717) is 5.69 Å². The lowest BCUT2D eigenvalue weighted by Crippen LogP contribution is -2.24. The normalized spacial score (nSPS) is 15.3. The summed E-state index contributed by atoms with van der Waals surface area (Å²) in [5.41, 5.74) is 1.56. The van der Waals surface area contributed by atoms with Gasteiger partial charge in [-0.25, -0.2) is 8.42 Å². The van der Waals surface area contributed by atoms with Crippen LogP contribution in [0.5, 0.6) is 0 Å². The first kappa shape index (κ1) is 21.2. The van der Waals surface area contributed by atoms with Crippen LogP contribution < -0.4 is 10.6 Å². The van der Waals surface area contributed by atoms with Crippen LogP contribution in [0.2, 0.25) is 0 Å². The van der Waals surface area contributed by atoms with Gasteiger partial charge in [-0.05, 0) is 42.7 Å². The first-order valence-corrected chi connectivity index (χ1v) is 11.2. The third-order valence-corrected chi connectivity index (χ3v) is 6.52. The Labute approximate surface area is 169 Å². The van der Waals surface area contributed by atoms with Crippen molar-refractivity contribution >= 4 is 27.1 Å². The monoisotopic (exact) mass is 422 g/mol. The van der Waals surface area contributed by atoms with E-state index in [4.69, 9.17) is 0 Å². The van der Waals surface area contributed by atoms with E-state index in [1.165, 1.54) is 18.6 Å². The predicted octanol–water partition coefficient (Wildman–Crippen LogP) is 4.81. The molecule has 1 fully saturated rings. The number of alkyl halides is 2. The Balaban J connectivity index is 1.68. The number of hydrogen-bond donors (Lipinski definition) is 2. The summed E-state index contributed by atoms with van der Waals surface area (Å²) in [6, 6.07) is 12.8. The average molecular weight is 422 g/mol. The van der Waals surface area contributed by atoms with Crippen molar-refractivity contribution < 1.29 is 22.0 Å². The minimum atomic E-state index is -4.70. The molecule has 1 amide bonds. The van der Waals surface area contributed by atoms with Gasteiger partial charge in [-0.15, -0.1) is 0 Å². The maximum Gasteiger partial charge on any atom is 0.341 e. The van der Waals surface area contributed by atoms with Crippen LogP contribution in [0.4, 0.5) is 20.2 Å². The van der Waals surface area contributed by atoms with Crippen molar-refractivity contribution in [1.29, 1.82) is 0 Å². The maximum absolute atomic E-state index is 12.9. The molecule has 0 bridgehead atoms. The minimum Gasteiger partial charge on any atom is -0.380 e. The second-order valence-electron chi connectivity index (χ2n) is 7.18. The lowest BCUT2D eigenvalue weighted by molar-refractivity contribution is -0.120. The second kappa shape index (κ2) is 9.35. The van der Waals surface area contributed by atoms with Gasteiger partial charge in [0.25, 0.3) is 0 Å². The van der Waals surface area contributed by atoms with E-state index in [-0.39, 0.29) is 24.1 Å². The van der Waals surface area contributed by atoms with E-state index >= 15 is 0 Å². The Morgan fingerprint density at radius 3 is 2.48 bits per heavy atom. The molecule has 2 aromatic rings. The Morgan fingerprint density at radius 2 is 1.76 bits per heavy atom. The summed E-state index contributed by atoms with van der Waals surface area (Å²) in [7, 11) is -4.70. The number of amides is 1. The van der Waals surface area contributed by atoms with Crippen molar-refractivity contribution in [3.05, 3.63) is 54.1 Å². The van der Waals surface area contributed by atoms with Crippen LogP contribution in [0.1, 0.15) is 37.7 Å². The van der Waals surface area contributed by atoms with Crippen molar-refractivity contribution in [3.63, 3.8) is 0 Å². The fourth-order valence-electron chi connectivity index (χ4n) is 3.52. The fraction of sp³-hybridized carbons (Fsp3) is 0.381. The molecule has 1 saturated carbocycles. The van der Waals surface area contributed by atoms with Crippen molar-refractivity contribution in [2.75, 3.05) is 10.6 Å². The van der Waals surface area contributed by atoms with E-state index in [2.05, 4.69) is 10.6 Å². The summed E-state index contributed by atoms with van der Waals surface area (Å²) < 4.78 is 49.5. The first-order chi connectivity index (χ1) is 13.9. The molecule has 1 aliphatic carbocycles. The van der Waals surface area contributed by atoms with Gasteiger partial charge in [-0.1, -0.05) is 43.5 Å². The molecule has 2 aromatic carbocycles. The number of carbonyl (C=O) groups is 1. The number of benzene rings is 2. The van der Waals surface area contributed by atoms with Gasteiger partial charge in [0.2, 0.25) is 15.7 Å². The van der Waals surface area contributed by atoms with Gasteiger partial charge in [0.1, 0.15) is 0 Å². The second-order valence-corrected chi connectivity index (χ2v) is 9.07. The van der Waals surface area contributed by atoms with Gasteiger partial charge in [-0.2, -0.15) is 8.78 Å². The van der Waals surface area contributed by atoms with Crippen LogP contribution in [0, 0.1) is 5.92 Å². The molecular weight excluding hydrogens is 398 g/mol. The standard InChI is InChI=1S/C21H24F2N2O3S/c22-21(23)29(27,28)19-12-5-4-11-18(19)24-14-15-7-6-10-17(13-15)25-20(26)16-8-2-1-3-9-16/h4-7,10-13,16,21,24H,1-3,8-9,14H2,(H,25,26). The Morgan fingerprint density at radius 1 is 1.03 bits per heavy atom. The van der Waals surface area contributed by atoms with Crippen molar-refractivity contribution in [1.82, 2.24) is 0 Å². The molecule has 3 rings (SSSR count). The summed E-state index contributed by atoms with van der Waals surface area (Å²) in [4.78, 5) is 12.0. The summed E-state index contributed by atoms with van der Waals surface area (Å²) in [5, 5.41) is 5.85. The SMILES string of the molecule is O=C(Nc1cccc(CNc2ccccc2S(=O)(=O)C(F)F)c1)C1CCCCC1. The smallest absolute Gasteiger partial charge is 0.341 e. The number of sulfone groups is 1. The van der Waals surface area contributed by atoms with Crippen molar-refractivity contribution in [2.24, 2.45) is 5.92 Å².